The number of anilines is 1. The molecule has 0 saturated carbocycles. The summed E-state index contributed by atoms with van der Waals surface area (Å²) in [4.78, 5) is 11.5. The Morgan fingerprint density at radius 2 is 2.38 bits per heavy atom. The Balaban J connectivity index is 2.70. The van der Waals surface area contributed by atoms with Crippen LogP contribution in [0.4, 0.5) is 5.69 Å². The van der Waals surface area contributed by atoms with Crippen LogP contribution in [0.5, 0.6) is 0 Å². The van der Waals surface area contributed by atoms with E-state index in [2.05, 4.69) is 11.2 Å². The van der Waals surface area contributed by atoms with Crippen LogP contribution in [-0.2, 0) is 4.79 Å². The van der Waals surface area contributed by atoms with Gasteiger partial charge in [0, 0.05) is 17.1 Å². The first kappa shape index (κ1) is 12.6. The molecule has 1 aromatic carbocycles. The summed E-state index contributed by atoms with van der Waals surface area (Å²) < 4.78 is 0. The van der Waals surface area contributed by atoms with Crippen molar-refractivity contribution in [3.8, 4) is 12.3 Å². The highest BCUT2D eigenvalue weighted by molar-refractivity contribution is 6.31. The van der Waals surface area contributed by atoms with Gasteiger partial charge in [0.2, 0.25) is 5.91 Å². The zero-order chi connectivity index (χ0) is 12.1. The smallest absolute Gasteiger partial charge is 0.242 e. The lowest BCUT2D eigenvalue weighted by atomic mass is 10.2. The third kappa shape index (κ3) is 3.27. The van der Waals surface area contributed by atoms with Gasteiger partial charge in [0.1, 0.15) is 0 Å². The molecule has 0 fully saturated rings. The first-order chi connectivity index (χ1) is 7.54. The van der Waals surface area contributed by atoms with Gasteiger partial charge in [-0.25, -0.2) is 0 Å². The van der Waals surface area contributed by atoms with Crippen molar-refractivity contribution >= 4 is 23.2 Å². The van der Waals surface area contributed by atoms with Crippen LogP contribution in [-0.4, -0.2) is 11.9 Å². The summed E-state index contributed by atoms with van der Waals surface area (Å²) in [5.74, 6) is 2.04. The van der Waals surface area contributed by atoms with E-state index in [0.29, 0.717) is 10.7 Å². The standard InChI is InChI=1S/C12H13ClN2O/c1-3-4-11(14)12(16)15-9-6-5-8(2)10(13)7-9/h1,5-7,11H,4,14H2,2H3,(H,15,16). The predicted octanol–water partition coefficient (Wildman–Crippen LogP) is 1.94. The highest BCUT2D eigenvalue weighted by atomic mass is 35.5. The zero-order valence-corrected chi connectivity index (χ0v) is 9.71. The molecule has 1 unspecified atom stereocenters. The van der Waals surface area contributed by atoms with E-state index in [1.54, 1.807) is 12.1 Å². The molecule has 0 aliphatic rings. The van der Waals surface area contributed by atoms with Crippen LogP contribution in [0, 0.1) is 19.3 Å². The van der Waals surface area contributed by atoms with Crippen LogP contribution in [0.1, 0.15) is 12.0 Å². The van der Waals surface area contributed by atoms with E-state index in [1.807, 2.05) is 13.0 Å². The fourth-order valence-corrected chi connectivity index (χ4v) is 1.31. The molecule has 1 atom stereocenters. The Bertz CT molecular complexity index is 437. The molecule has 0 aliphatic heterocycles. The van der Waals surface area contributed by atoms with Gasteiger partial charge in [-0.3, -0.25) is 4.79 Å². The zero-order valence-electron chi connectivity index (χ0n) is 8.96. The average Bonchev–Trinajstić information content (AvgIpc) is 2.24. The average molecular weight is 237 g/mol. The number of halogens is 1. The van der Waals surface area contributed by atoms with Gasteiger partial charge < -0.3 is 11.1 Å². The van der Waals surface area contributed by atoms with Crippen molar-refractivity contribution in [1.29, 1.82) is 0 Å². The van der Waals surface area contributed by atoms with Crippen LogP contribution in [0.15, 0.2) is 18.2 Å². The van der Waals surface area contributed by atoms with E-state index in [4.69, 9.17) is 23.8 Å². The number of nitrogens with two attached hydrogens (primary N) is 1. The third-order valence-electron chi connectivity index (χ3n) is 2.11. The van der Waals surface area contributed by atoms with E-state index < -0.39 is 6.04 Å². The molecule has 0 radical (unpaired) electrons. The number of rotatable bonds is 3. The summed E-state index contributed by atoms with van der Waals surface area (Å²) in [6.45, 7) is 1.89. The van der Waals surface area contributed by atoms with Gasteiger partial charge in [-0.2, -0.15) is 0 Å². The molecule has 0 aliphatic carbocycles. The van der Waals surface area contributed by atoms with Gasteiger partial charge in [0.05, 0.1) is 6.04 Å². The molecule has 3 N–H and O–H groups in total. The molecule has 0 saturated heterocycles. The Labute approximate surface area is 100.0 Å². The van der Waals surface area contributed by atoms with Gasteiger partial charge in [-0.15, -0.1) is 12.3 Å². The van der Waals surface area contributed by atoms with Crippen molar-refractivity contribution in [2.24, 2.45) is 5.73 Å². The van der Waals surface area contributed by atoms with Crippen molar-refractivity contribution in [3.05, 3.63) is 28.8 Å². The molecular formula is C12H13ClN2O. The summed E-state index contributed by atoms with van der Waals surface area (Å²) in [7, 11) is 0. The van der Waals surface area contributed by atoms with Crippen LogP contribution >= 0.6 is 11.6 Å². The Hall–Kier alpha value is -1.50. The summed E-state index contributed by atoms with van der Waals surface area (Å²) in [5.41, 5.74) is 7.13. The summed E-state index contributed by atoms with van der Waals surface area (Å²) in [6.07, 6.45) is 5.29. The summed E-state index contributed by atoms with van der Waals surface area (Å²) >= 11 is 5.92. The van der Waals surface area contributed by atoms with E-state index in [1.165, 1.54) is 0 Å². The maximum Gasteiger partial charge on any atom is 0.242 e. The van der Waals surface area contributed by atoms with Gasteiger partial charge in [-0.05, 0) is 24.6 Å². The second-order valence-electron chi connectivity index (χ2n) is 3.47. The summed E-state index contributed by atoms with van der Waals surface area (Å²) in [5, 5.41) is 3.25. The van der Waals surface area contributed by atoms with Crippen LogP contribution in [0.3, 0.4) is 0 Å². The van der Waals surface area contributed by atoms with Crippen molar-refractivity contribution in [2.75, 3.05) is 5.32 Å². The molecule has 16 heavy (non-hydrogen) atoms. The molecule has 3 nitrogen and oxygen atoms in total. The SMILES string of the molecule is C#CCC(N)C(=O)Nc1ccc(C)c(Cl)c1. The monoisotopic (exact) mass is 236 g/mol. The number of hydrogen-bond donors (Lipinski definition) is 2. The minimum Gasteiger partial charge on any atom is -0.325 e. The largest absolute Gasteiger partial charge is 0.325 e. The minimum atomic E-state index is -0.690. The number of amides is 1. The van der Waals surface area contributed by atoms with E-state index >= 15 is 0 Å². The lowest BCUT2D eigenvalue weighted by Crippen LogP contribution is -2.35. The number of terminal acetylenes is 1. The predicted molar refractivity (Wildman–Crippen MR) is 66.2 cm³/mol. The van der Waals surface area contributed by atoms with Crippen molar-refractivity contribution in [2.45, 2.75) is 19.4 Å². The van der Waals surface area contributed by atoms with Gasteiger partial charge in [0.15, 0.2) is 0 Å². The van der Waals surface area contributed by atoms with E-state index in [-0.39, 0.29) is 12.3 Å². The molecule has 1 amide bonds. The lowest BCUT2D eigenvalue weighted by molar-refractivity contribution is -0.117. The Kier molecular flexibility index (Phi) is 4.36. The molecule has 4 heteroatoms. The van der Waals surface area contributed by atoms with Crippen molar-refractivity contribution in [3.63, 3.8) is 0 Å². The second kappa shape index (κ2) is 5.55. The topological polar surface area (TPSA) is 55.1 Å². The fourth-order valence-electron chi connectivity index (χ4n) is 1.13. The maximum atomic E-state index is 11.5. The van der Waals surface area contributed by atoms with Crippen LogP contribution in [0.2, 0.25) is 5.02 Å². The molecule has 0 heterocycles. The Morgan fingerprint density at radius 1 is 1.69 bits per heavy atom. The molecular weight excluding hydrogens is 224 g/mol. The third-order valence-corrected chi connectivity index (χ3v) is 2.52. The summed E-state index contributed by atoms with van der Waals surface area (Å²) in [6, 6.07) is 4.58. The first-order valence-electron chi connectivity index (χ1n) is 4.80. The molecule has 84 valence electrons. The van der Waals surface area contributed by atoms with Gasteiger partial charge >= 0.3 is 0 Å². The molecule has 1 rings (SSSR count). The van der Waals surface area contributed by atoms with Crippen LogP contribution in [0.25, 0.3) is 0 Å². The highest BCUT2D eigenvalue weighted by Gasteiger charge is 2.12. The quantitative estimate of drug-likeness (QED) is 0.788. The van der Waals surface area contributed by atoms with Crippen LogP contribution < -0.4 is 11.1 Å². The molecule has 1 aromatic rings. The molecule has 0 aromatic heterocycles. The minimum absolute atomic E-state index is 0.214. The number of aryl methyl sites for hydroxylation is 1. The number of carbonyl (C=O) groups excluding carboxylic acids is 1. The molecule has 0 bridgehead atoms. The second-order valence-corrected chi connectivity index (χ2v) is 3.88. The maximum absolute atomic E-state index is 11.5. The van der Waals surface area contributed by atoms with Crippen molar-refractivity contribution in [1.82, 2.24) is 0 Å². The van der Waals surface area contributed by atoms with Gasteiger partial charge in [0.25, 0.3) is 0 Å². The number of benzene rings is 1. The number of nitrogens with one attached hydrogen (secondary N) is 1. The fraction of sp³-hybridized carbons (Fsp3) is 0.250. The number of carbonyl (C=O) groups is 1. The first-order valence-corrected chi connectivity index (χ1v) is 5.18. The normalized spacial score (nSPS) is 11.6. The Morgan fingerprint density at radius 3 is 2.94 bits per heavy atom. The highest BCUT2D eigenvalue weighted by Crippen LogP contribution is 2.19. The molecule has 0 spiro atoms. The van der Waals surface area contributed by atoms with E-state index in [9.17, 15) is 4.79 Å². The van der Waals surface area contributed by atoms with Gasteiger partial charge in [-0.1, -0.05) is 17.7 Å². The number of hydrogen-bond acceptors (Lipinski definition) is 2. The van der Waals surface area contributed by atoms with E-state index in [0.717, 1.165) is 5.56 Å². The lowest BCUT2D eigenvalue weighted by Gasteiger charge is -2.10. The van der Waals surface area contributed by atoms with Crippen molar-refractivity contribution < 1.29 is 4.79 Å².